The van der Waals surface area contributed by atoms with E-state index >= 15 is 0 Å². The van der Waals surface area contributed by atoms with E-state index in [0.717, 1.165) is 77.0 Å². The van der Waals surface area contributed by atoms with Gasteiger partial charge in [-0.05, 0) is 83.5 Å². The molecule has 0 aliphatic rings. The van der Waals surface area contributed by atoms with Crippen molar-refractivity contribution in [3.63, 3.8) is 0 Å². The van der Waals surface area contributed by atoms with Crippen molar-refractivity contribution in [2.75, 3.05) is 47.5 Å². The third-order valence-corrected chi connectivity index (χ3v) is 14.0. The number of likely N-dealkylation sites (N-methyl/N-ethyl adjacent to an activating group) is 1. The summed E-state index contributed by atoms with van der Waals surface area (Å²) < 4.78 is 34.6. The number of unbranched alkanes of at least 4 members (excludes halogenated alkanes) is 31. The van der Waals surface area contributed by atoms with Gasteiger partial charge in [-0.2, -0.15) is 0 Å². The maximum Gasteiger partial charge on any atom is 0.472 e. The Morgan fingerprint density at radius 3 is 1.14 bits per heavy atom. The Morgan fingerprint density at radius 1 is 0.431 bits per heavy atom. The fourth-order valence-electron chi connectivity index (χ4n) is 8.35. The molecule has 0 aliphatic carbocycles. The monoisotopic (exact) mass is 1030 g/mol. The summed E-state index contributed by atoms with van der Waals surface area (Å²) >= 11 is 0. The molecule has 0 rings (SSSR count). The molecular formula is C62H115NO8P+. The number of esters is 2. The molecule has 0 heterocycles. The smallest absolute Gasteiger partial charge is 0.462 e. The molecule has 0 saturated carbocycles. The van der Waals surface area contributed by atoms with Crippen LogP contribution in [0, 0.1) is 0 Å². The second kappa shape index (κ2) is 53.5. The molecule has 0 aromatic rings. The van der Waals surface area contributed by atoms with E-state index in [9.17, 15) is 19.0 Å². The lowest BCUT2D eigenvalue weighted by atomic mass is 10.0. The molecule has 0 aliphatic heterocycles. The standard InChI is InChI=1S/C62H114NO8P/c1-6-8-10-12-14-16-18-20-22-24-26-27-28-29-30-31-32-33-34-35-37-38-40-42-44-46-48-50-52-54-61(64)68-58-60(59-70-72(66,67)69-57-56-63(3,4)5)71-62(65)55-53-51-49-47-45-43-41-39-36-25-23-21-19-17-15-13-11-9-7-2/h15,17-18,20-21,23-24,26,36,39,60H,6-14,16,19,22,25,27-35,37-38,40-59H2,1-5H3/p+1/b17-15-,20-18-,23-21-,26-24-,39-36-. The summed E-state index contributed by atoms with van der Waals surface area (Å²) in [5.41, 5.74) is 0. The predicted octanol–water partition coefficient (Wildman–Crippen LogP) is 18.7. The van der Waals surface area contributed by atoms with Gasteiger partial charge in [0.15, 0.2) is 6.10 Å². The highest BCUT2D eigenvalue weighted by Crippen LogP contribution is 2.43. The Bertz CT molecular complexity index is 1400. The van der Waals surface area contributed by atoms with Crippen molar-refractivity contribution in [1.82, 2.24) is 0 Å². The number of nitrogens with zero attached hydrogens (tertiary/aromatic N) is 1. The first-order chi connectivity index (χ1) is 35.0. The average molecular weight is 1030 g/mol. The SMILES string of the molecule is CCCCC/C=C\C/C=C\C/C=C\CCCCCCCCC(=O)OC(COC(=O)CCCCCCCCCCCCCCCCCCC/C=C\C/C=C\CCCCCCC)COP(=O)(O)OCC[N+](C)(C)C. The van der Waals surface area contributed by atoms with Crippen molar-refractivity contribution in [2.24, 2.45) is 0 Å². The number of rotatable bonds is 55. The largest absolute Gasteiger partial charge is 0.472 e. The molecule has 0 bridgehead atoms. The molecule has 9 nitrogen and oxygen atoms in total. The number of phosphoric acid groups is 1. The van der Waals surface area contributed by atoms with Crippen molar-refractivity contribution in [3.8, 4) is 0 Å². The van der Waals surface area contributed by atoms with Crippen LogP contribution in [0.3, 0.4) is 0 Å². The van der Waals surface area contributed by atoms with Crippen LogP contribution in [0.1, 0.15) is 271 Å². The molecule has 0 aromatic heterocycles. The molecule has 0 radical (unpaired) electrons. The first-order valence-electron chi connectivity index (χ1n) is 30.0. The van der Waals surface area contributed by atoms with E-state index in [1.54, 1.807) is 0 Å². The van der Waals surface area contributed by atoms with E-state index < -0.39 is 26.5 Å². The number of hydrogen-bond donors (Lipinski definition) is 1. The van der Waals surface area contributed by atoms with Crippen LogP contribution in [0.15, 0.2) is 60.8 Å². The number of carbonyl (C=O) groups is 2. The van der Waals surface area contributed by atoms with Gasteiger partial charge in [0.05, 0.1) is 27.7 Å². The fraction of sp³-hybridized carbons (Fsp3) is 0.806. The normalized spacial score (nSPS) is 13.7. The highest BCUT2D eigenvalue weighted by Gasteiger charge is 2.27. The highest BCUT2D eigenvalue weighted by molar-refractivity contribution is 7.47. The molecule has 0 saturated heterocycles. The lowest BCUT2D eigenvalue weighted by Crippen LogP contribution is -2.37. The molecule has 2 atom stereocenters. The third-order valence-electron chi connectivity index (χ3n) is 13.0. The Kier molecular flexibility index (Phi) is 51.8. The Labute approximate surface area is 445 Å². The maximum absolute atomic E-state index is 12.8. The zero-order valence-electron chi connectivity index (χ0n) is 47.7. The minimum absolute atomic E-state index is 0.0279. The topological polar surface area (TPSA) is 108 Å². The molecule has 10 heteroatoms. The number of phosphoric ester groups is 1. The molecule has 72 heavy (non-hydrogen) atoms. The quantitative estimate of drug-likeness (QED) is 0.0211. The number of hydrogen-bond acceptors (Lipinski definition) is 7. The van der Waals surface area contributed by atoms with Gasteiger partial charge in [-0.15, -0.1) is 0 Å². The lowest BCUT2D eigenvalue weighted by Gasteiger charge is -2.24. The number of allylic oxidation sites excluding steroid dienone is 10. The molecular weight excluding hydrogens is 918 g/mol. The van der Waals surface area contributed by atoms with E-state index in [-0.39, 0.29) is 32.0 Å². The zero-order valence-corrected chi connectivity index (χ0v) is 48.6. The van der Waals surface area contributed by atoms with Crippen LogP contribution in [-0.4, -0.2) is 74.9 Å². The summed E-state index contributed by atoms with van der Waals surface area (Å²) in [7, 11) is 1.47. The van der Waals surface area contributed by atoms with Gasteiger partial charge in [-0.1, -0.05) is 235 Å². The molecule has 2 unspecified atom stereocenters. The molecule has 0 fully saturated rings. The van der Waals surface area contributed by atoms with E-state index in [0.29, 0.717) is 17.4 Å². The lowest BCUT2D eigenvalue weighted by molar-refractivity contribution is -0.870. The first kappa shape index (κ1) is 69.7. The van der Waals surface area contributed by atoms with Crippen LogP contribution in [0.25, 0.3) is 0 Å². The van der Waals surface area contributed by atoms with E-state index in [1.807, 2.05) is 21.1 Å². The van der Waals surface area contributed by atoms with Gasteiger partial charge in [-0.25, -0.2) is 4.57 Å². The fourth-order valence-corrected chi connectivity index (χ4v) is 9.09. The first-order valence-corrected chi connectivity index (χ1v) is 31.5. The van der Waals surface area contributed by atoms with Crippen molar-refractivity contribution < 1.29 is 42.1 Å². The van der Waals surface area contributed by atoms with Crippen LogP contribution >= 0.6 is 7.82 Å². The Morgan fingerprint density at radius 2 is 0.750 bits per heavy atom. The Hall–Kier alpha value is -2.29. The molecule has 0 aromatic carbocycles. The van der Waals surface area contributed by atoms with Gasteiger partial charge < -0.3 is 18.9 Å². The molecule has 420 valence electrons. The van der Waals surface area contributed by atoms with Gasteiger partial charge in [0, 0.05) is 12.8 Å². The third kappa shape index (κ3) is 57.0. The van der Waals surface area contributed by atoms with Crippen LogP contribution in [-0.2, 0) is 32.7 Å². The van der Waals surface area contributed by atoms with Crippen LogP contribution in [0.5, 0.6) is 0 Å². The predicted molar refractivity (Wildman–Crippen MR) is 307 cm³/mol. The van der Waals surface area contributed by atoms with E-state index in [1.165, 1.54) is 161 Å². The number of ether oxygens (including phenoxy) is 2. The van der Waals surface area contributed by atoms with Crippen molar-refractivity contribution in [1.29, 1.82) is 0 Å². The summed E-state index contributed by atoms with van der Waals surface area (Å²) in [5, 5.41) is 0. The van der Waals surface area contributed by atoms with Crippen LogP contribution < -0.4 is 0 Å². The zero-order chi connectivity index (χ0) is 52.7. The summed E-state index contributed by atoms with van der Waals surface area (Å²) in [5.74, 6) is -0.805. The second-order valence-corrected chi connectivity index (χ2v) is 22.8. The van der Waals surface area contributed by atoms with Gasteiger partial charge in [0.25, 0.3) is 0 Å². The highest BCUT2D eigenvalue weighted by atomic mass is 31.2. The van der Waals surface area contributed by atoms with Crippen molar-refractivity contribution in [3.05, 3.63) is 60.8 Å². The van der Waals surface area contributed by atoms with Gasteiger partial charge >= 0.3 is 19.8 Å². The summed E-state index contributed by atoms with van der Waals surface area (Å²) in [6, 6.07) is 0. The minimum atomic E-state index is -4.39. The number of quaternary nitrogens is 1. The molecule has 1 N–H and O–H groups in total. The summed E-state index contributed by atoms with van der Waals surface area (Å²) in [6.45, 7) is 4.40. The van der Waals surface area contributed by atoms with E-state index in [4.69, 9.17) is 18.5 Å². The minimum Gasteiger partial charge on any atom is -0.462 e. The van der Waals surface area contributed by atoms with Gasteiger partial charge in [0.1, 0.15) is 19.8 Å². The Balaban J connectivity index is 4.11. The van der Waals surface area contributed by atoms with Gasteiger partial charge in [-0.3, -0.25) is 18.6 Å². The van der Waals surface area contributed by atoms with Crippen LogP contribution in [0.2, 0.25) is 0 Å². The van der Waals surface area contributed by atoms with Crippen molar-refractivity contribution >= 4 is 19.8 Å². The summed E-state index contributed by atoms with van der Waals surface area (Å²) in [4.78, 5) is 35.7. The maximum atomic E-state index is 12.8. The van der Waals surface area contributed by atoms with E-state index in [2.05, 4.69) is 74.6 Å². The number of carbonyl (C=O) groups excluding carboxylic acids is 2. The summed E-state index contributed by atoms with van der Waals surface area (Å²) in [6.07, 6.45) is 68.6. The second-order valence-electron chi connectivity index (χ2n) is 21.4. The molecule has 0 spiro atoms. The van der Waals surface area contributed by atoms with Gasteiger partial charge in [0.2, 0.25) is 0 Å². The van der Waals surface area contributed by atoms with Crippen LogP contribution in [0.4, 0.5) is 0 Å². The average Bonchev–Trinajstić information content (AvgIpc) is 3.34. The molecule has 0 amide bonds. The van der Waals surface area contributed by atoms with Crippen molar-refractivity contribution in [2.45, 2.75) is 277 Å².